The molecule has 0 saturated heterocycles. The third-order valence-corrected chi connectivity index (χ3v) is 8.21. The van der Waals surface area contributed by atoms with Crippen LogP contribution in [0.5, 0.6) is 0 Å². The summed E-state index contributed by atoms with van der Waals surface area (Å²) in [7, 11) is 0. The van der Waals surface area contributed by atoms with Gasteiger partial charge in [0.15, 0.2) is 0 Å². The Morgan fingerprint density at radius 2 is 0.667 bits per heavy atom. The number of pyridine rings is 3. The van der Waals surface area contributed by atoms with Crippen LogP contribution in [-0.2, 0) is 0 Å². The van der Waals surface area contributed by atoms with Crippen LogP contribution in [0.3, 0.4) is 0 Å². The fraction of sp³-hybridized carbons (Fsp3) is 0. The molecule has 0 amide bonds. The summed E-state index contributed by atoms with van der Waals surface area (Å²) >= 11 is 0. The van der Waals surface area contributed by atoms with Crippen molar-refractivity contribution in [2.24, 2.45) is 0 Å². The molecule has 0 saturated carbocycles. The quantitative estimate of drug-likeness (QED) is 0.174. The summed E-state index contributed by atoms with van der Waals surface area (Å²) < 4.78 is 0. The lowest BCUT2D eigenvalue weighted by Gasteiger charge is -2.13. The highest BCUT2D eigenvalue weighted by Gasteiger charge is 2.10. The Kier molecular flexibility index (Phi) is 8.01. The third-order valence-electron chi connectivity index (χ3n) is 8.21. The van der Waals surface area contributed by atoms with E-state index in [0.717, 1.165) is 66.8 Å². The minimum absolute atomic E-state index is 0.378. The molecule has 6 heteroatoms. The van der Waals surface area contributed by atoms with E-state index in [0.29, 0.717) is 17.2 Å². The zero-order valence-electron chi connectivity index (χ0n) is 25.5. The van der Waals surface area contributed by atoms with Crippen molar-refractivity contribution in [1.29, 1.82) is 10.5 Å². The van der Waals surface area contributed by atoms with Crippen LogP contribution in [0.1, 0.15) is 11.4 Å². The van der Waals surface area contributed by atoms with Crippen LogP contribution >= 0.6 is 0 Å². The van der Waals surface area contributed by atoms with Crippen LogP contribution in [0.25, 0.3) is 71.6 Å². The molecule has 0 N–H and O–H groups in total. The van der Waals surface area contributed by atoms with E-state index in [9.17, 15) is 0 Å². The second-order valence-corrected chi connectivity index (χ2v) is 11.1. The van der Waals surface area contributed by atoms with Crippen molar-refractivity contribution in [2.45, 2.75) is 0 Å². The predicted octanol–water partition coefficient (Wildman–Crippen LogP) is 10.2. The molecule has 0 atom stereocenters. The fourth-order valence-corrected chi connectivity index (χ4v) is 5.58. The Bertz CT molecular complexity index is 2070. The first-order valence-electron chi connectivity index (χ1n) is 15.1. The van der Waals surface area contributed by atoms with Crippen LogP contribution in [0.15, 0.2) is 146 Å². The number of nitriles is 2. The molecule has 3 heterocycles. The van der Waals surface area contributed by atoms with Crippen molar-refractivity contribution in [3.8, 4) is 78.9 Å². The van der Waals surface area contributed by atoms with Gasteiger partial charge in [0.05, 0.1) is 0 Å². The summed E-state index contributed by atoms with van der Waals surface area (Å²) in [6, 6.07) is 46.8. The molecule has 0 bridgehead atoms. The molecule has 222 valence electrons. The standard InChI is InChI=1S/C42H24N6/c1-45-42-19-16-36(27-48-42)30-6-12-33(13-7-30)39-21-37(31-8-2-28(3-9-31)34-14-17-40(23-43)46-25-34)20-38(22-39)32-10-4-29(5-11-32)35-15-18-41(24-44)47-26-35/h2-22,25-27H. The first kappa shape index (κ1) is 29.5. The highest BCUT2D eigenvalue weighted by molar-refractivity contribution is 5.83. The van der Waals surface area contributed by atoms with E-state index in [1.807, 2.05) is 18.2 Å². The minimum Gasteiger partial charge on any atom is -0.361 e. The molecular weight excluding hydrogens is 589 g/mol. The van der Waals surface area contributed by atoms with Gasteiger partial charge < -0.3 is 4.85 Å². The van der Waals surface area contributed by atoms with Gasteiger partial charge in [-0.2, -0.15) is 10.5 Å². The van der Waals surface area contributed by atoms with Gasteiger partial charge in [-0.05, 0) is 98.6 Å². The van der Waals surface area contributed by atoms with Crippen molar-refractivity contribution in [1.82, 2.24) is 15.0 Å². The van der Waals surface area contributed by atoms with Crippen molar-refractivity contribution < 1.29 is 0 Å². The van der Waals surface area contributed by atoms with Crippen molar-refractivity contribution >= 4 is 5.82 Å². The lowest BCUT2D eigenvalue weighted by atomic mass is 9.91. The molecule has 0 aliphatic heterocycles. The van der Waals surface area contributed by atoms with Crippen LogP contribution in [0.2, 0.25) is 0 Å². The molecule has 7 aromatic rings. The van der Waals surface area contributed by atoms with E-state index < -0.39 is 0 Å². The number of nitrogens with zero attached hydrogens (tertiary/aromatic N) is 6. The van der Waals surface area contributed by atoms with Crippen molar-refractivity contribution in [3.05, 3.63) is 169 Å². The molecule has 0 radical (unpaired) electrons. The largest absolute Gasteiger partial charge is 0.361 e. The molecule has 7 rings (SSSR count). The Morgan fingerprint density at radius 3 is 0.917 bits per heavy atom. The summed E-state index contributed by atoms with van der Waals surface area (Å²) in [5.74, 6) is 0.378. The summed E-state index contributed by atoms with van der Waals surface area (Å²) in [6.45, 7) is 7.17. The van der Waals surface area contributed by atoms with Gasteiger partial charge in [0.1, 0.15) is 29.7 Å². The van der Waals surface area contributed by atoms with Gasteiger partial charge in [-0.1, -0.05) is 85.4 Å². The highest BCUT2D eigenvalue weighted by Crippen LogP contribution is 2.35. The summed E-state index contributed by atoms with van der Waals surface area (Å²) in [6.07, 6.45) is 5.18. The van der Waals surface area contributed by atoms with Crippen LogP contribution < -0.4 is 0 Å². The van der Waals surface area contributed by atoms with E-state index in [2.05, 4.69) is 123 Å². The lowest BCUT2D eigenvalue weighted by molar-refractivity contribution is 1.26. The van der Waals surface area contributed by atoms with Crippen LogP contribution in [0.4, 0.5) is 5.82 Å². The maximum Gasteiger partial charge on any atom is 0.269 e. The van der Waals surface area contributed by atoms with E-state index >= 15 is 0 Å². The summed E-state index contributed by atoms with van der Waals surface area (Å²) in [5.41, 5.74) is 13.2. The van der Waals surface area contributed by atoms with Crippen molar-refractivity contribution in [2.75, 3.05) is 0 Å². The van der Waals surface area contributed by atoms with Gasteiger partial charge in [0, 0.05) is 29.1 Å². The van der Waals surface area contributed by atoms with Gasteiger partial charge in [-0.15, -0.1) is 4.98 Å². The normalized spacial score (nSPS) is 10.4. The average Bonchev–Trinajstić information content (AvgIpc) is 3.18. The lowest BCUT2D eigenvalue weighted by Crippen LogP contribution is -1.88. The van der Waals surface area contributed by atoms with Gasteiger partial charge in [-0.3, -0.25) is 0 Å². The van der Waals surface area contributed by atoms with Crippen LogP contribution in [0, 0.1) is 29.2 Å². The van der Waals surface area contributed by atoms with Gasteiger partial charge >= 0.3 is 0 Å². The van der Waals surface area contributed by atoms with E-state index in [1.54, 1.807) is 36.8 Å². The van der Waals surface area contributed by atoms with Gasteiger partial charge in [0.25, 0.3) is 5.82 Å². The maximum atomic E-state index is 9.10. The van der Waals surface area contributed by atoms with Gasteiger partial charge in [0.2, 0.25) is 0 Å². The SMILES string of the molecule is [C-]#[N+]c1ccc(-c2ccc(-c3cc(-c4ccc(-c5ccc(C#N)nc5)cc4)cc(-c4ccc(-c5ccc(C#N)nc5)cc4)c3)cc2)cn1. The molecule has 48 heavy (non-hydrogen) atoms. The number of aromatic nitrogens is 3. The second kappa shape index (κ2) is 13.0. The van der Waals surface area contributed by atoms with Crippen LogP contribution in [-0.4, -0.2) is 15.0 Å². The Labute approximate surface area is 278 Å². The topological polar surface area (TPSA) is 90.6 Å². The summed E-state index contributed by atoms with van der Waals surface area (Å²) in [4.78, 5) is 16.1. The molecule has 0 aliphatic carbocycles. The minimum atomic E-state index is 0.378. The number of hydrogen-bond acceptors (Lipinski definition) is 5. The average molecular weight is 613 g/mol. The molecule has 0 unspecified atom stereocenters. The van der Waals surface area contributed by atoms with E-state index in [1.165, 1.54) is 0 Å². The van der Waals surface area contributed by atoms with E-state index in [-0.39, 0.29) is 0 Å². The molecule has 4 aromatic carbocycles. The first-order chi connectivity index (χ1) is 23.6. The Balaban J connectivity index is 1.26. The van der Waals surface area contributed by atoms with Crippen molar-refractivity contribution in [3.63, 3.8) is 0 Å². The highest BCUT2D eigenvalue weighted by atomic mass is 14.8. The first-order valence-corrected chi connectivity index (χ1v) is 15.1. The zero-order valence-corrected chi connectivity index (χ0v) is 25.5. The molecule has 0 spiro atoms. The molecule has 0 aliphatic rings. The molecule has 6 nitrogen and oxygen atoms in total. The summed E-state index contributed by atoms with van der Waals surface area (Å²) in [5, 5.41) is 18.2. The Morgan fingerprint density at radius 1 is 0.375 bits per heavy atom. The molecule has 0 fully saturated rings. The zero-order chi connectivity index (χ0) is 32.9. The number of benzene rings is 4. The fourth-order valence-electron chi connectivity index (χ4n) is 5.58. The third kappa shape index (κ3) is 6.17. The number of hydrogen-bond donors (Lipinski definition) is 0. The Hall–Kier alpha value is -7.20. The molecule has 3 aromatic heterocycles. The van der Waals surface area contributed by atoms with Gasteiger partial charge in [-0.25, -0.2) is 9.97 Å². The molecular formula is C42H24N6. The number of rotatable bonds is 6. The monoisotopic (exact) mass is 612 g/mol. The van der Waals surface area contributed by atoms with E-state index in [4.69, 9.17) is 17.1 Å². The maximum absolute atomic E-state index is 9.10. The predicted molar refractivity (Wildman–Crippen MR) is 188 cm³/mol. The smallest absolute Gasteiger partial charge is 0.269 e. The second-order valence-electron chi connectivity index (χ2n) is 11.1.